The second-order valence-electron chi connectivity index (χ2n) is 7.36. The number of hydrogen-bond donors (Lipinski definition) is 1. The predicted octanol–water partition coefficient (Wildman–Crippen LogP) is 4.27. The molecule has 0 radical (unpaired) electrons. The minimum atomic E-state index is -4.14. The SMILES string of the molecule is CCOc1ccc(CNC(=O)CN(c2ccc(Cl)cc2)S(=O)(=O)c2ccc(OC)c(OC)c2)cc1. The third-order valence-corrected chi connectivity index (χ3v) is 7.09. The number of nitrogens with zero attached hydrogens (tertiary/aromatic N) is 1. The summed E-state index contributed by atoms with van der Waals surface area (Å²) in [7, 11) is -1.26. The van der Waals surface area contributed by atoms with Crippen LogP contribution in [0.15, 0.2) is 71.6 Å². The topological polar surface area (TPSA) is 94.2 Å². The van der Waals surface area contributed by atoms with E-state index in [1.165, 1.54) is 32.4 Å². The van der Waals surface area contributed by atoms with Gasteiger partial charge in [-0.15, -0.1) is 0 Å². The van der Waals surface area contributed by atoms with E-state index >= 15 is 0 Å². The molecule has 0 aromatic heterocycles. The van der Waals surface area contributed by atoms with Crippen LogP contribution in [0.25, 0.3) is 0 Å². The number of carbonyl (C=O) groups excluding carboxylic acids is 1. The molecule has 0 fully saturated rings. The number of benzene rings is 3. The number of nitrogens with one attached hydrogen (secondary N) is 1. The number of sulfonamides is 1. The van der Waals surface area contributed by atoms with Gasteiger partial charge in [-0.05, 0) is 61.0 Å². The van der Waals surface area contributed by atoms with Crippen LogP contribution < -0.4 is 23.8 Å². The summed E-state index contributed by atoms with van der Waals surface area (Å²) in [6, 6.07) is 17.8. The molecule has 186 valence electrons. The second kappa shape index (κ2) is 11.8. The molecule has 0 aliphatic carbocycles. The number of methoxy groups -OCH3 is 2. The molecule has 0 unspecified atom stereocenters. The molecule has 3 rings (SSSR count). The summed E-state index contributed by atoms with van der Waals surface area (Å²) < 4.78 is 44.1. The van der Waals surface area contributed by atoms with Crippen molar-refractivity contribution in [3.8, 4) is 17.2 Å². The van der Waals surface area contributed by atoms with E-state index in [1.54, 1.807) is 24.3 Å². The highest BCUT2D eigenvalue weighted by molar-refractivity contribution is 7.92. The second-order valence-corrected chi connectivity index (χ2v) is 9.66. The van der Waals surface area contributed by atoms with Crippen molar-refractivity contribution in [3.05, 3.63) is 77.3 Å². The van der Waals surface area contributed by atoms with Gasteiger partial charge in [0.1, 0.15) is 12.3 Å². The summed E-state index contributed by atoms with van der Waals surface area (Å²) in [5.74, 6) is 0.901. The smallest absolute Gasteiger partial charge is 0.264 e. The maximum Gasteiger partial charge on any atom is 0.264 e. The minimum absolute atomic E-state index is 0.0515. The zero-order valence-electron chi connectivity index (χ0n) is 19.7. The molecular weight excluding hydrogens is 492 g/mol. The number of rotatable bonds is 11. The van der Waals surface area contributed by atoms with Crippen molar-refractivity contribution in [3.63, 3.8) is 0 Å². The number of anilines is 1. The van der Waals surface area contributed by atoms with Gasteiger partial charge in [-0.2, -0.15) is 0 Å². The molecule has 10 heteroatoms. The zero-order chi connectivity index (χ0) is 25.4. The third-order valence-electron chi connectivity index (χ3n) is 5.07. The summed E-state index contributed by atoms with van der Waals surface area (Å²) in [6.07, 6.45) is 0. The molecular formula is C25H27ClN2O6S. The van der Waals surface area contributed by atoms with Crippen LogP contribution in [0.1, 0.15) is 12.5 Å². The molecule has 1 N–H and O–H groups in total. The molecule has 8 nitrogen and oxygen atoms in total. The Hall–Kier alpha value is -3.43. The molecule has 3 aromatic carbocycles. The Morgan fingerprint density at radius 1 is 0.943 bits per heavy atom. The van der Waals surface area contributed by atoms with Gasteiger partial charge >= 0.3 is 0 Å². The number of carbonyl (C=O) groups is 1. The fourth-order valence-electron chi connectivity index (χ4n) is 3.28. The van der Waals surface area contributed by atoms with Crippen molar-refractivity contribution >= 4 is 33.2 Å². The van der Waals surface area contributed by atoms with Crippen LogP contribution in [0.2, 0.25) is 5.02 Å². The molecule has 0 spiro atoms. The average molecular weight is 519 g/mol. The van der Waals surface area contributed by atoms with Crippen molar-refractivity contribution in [2.24, 2.45) is 0 Å². The number of hydrogen-bond acceptors (Lipinski definition) is 6. The fraction of sp³-hybridized carbons (Fsp3) is 0.240. The number of halogens is 1. The molecule has 0 aliphatic rings. The molecule has 0 heterocycles. The van der Waals surface area contributed by atoms with Crippen molar-refractivity contribution in [2.45, 2.75) is 18.4 Å². The first-order valence-electron chi connectivity index (χ1n) is 10.8. The van der Waals surface area contributed by atoms with Crippen molar-refractivity contribution < 1.29 is 27.4 Å². The van der Waals surface area contributed by atoms with Gasteiger partial charge in [-0.25, -0.2) is 8.42 Å². The first kappa shape index (κ1) is 26.2. The summed E-state index contributed by atoms with van der Waals surface area (Å²) in [5, 5.41) is 3.21. The van der Waals surface area contributed by atoms with Gasteiger partial charge in [0.25, 0.3) is 10.0 Å². The van der Waals surface area contributed by atoms with E-state index in [0.29, 0.717) is 23.1 Å². The zero-order valence-corrected chi connectivity index (χ0v) is 21.2. The van der Waals surface area contributed by atoms with Crippen LogP contribution in [0, 0.1) is 0 Å². The molecule has 3 aromatic rings. The van der Waals surface area contributed by atoms with Gasteiger partial charge in [0.15, 0.2) is 11.5 Å². The average Bonchev–Trinajstić information content (AvgIpc) is 2.87. The highest BCUT2D eigenvalue weighted by Crippen LogP contribution is 2.32. The lowest BCUT2D eigenvalue weighted by atomic mass is 10.2. The van der Waals surface area contributed by atoms with Gasteiger partial charge in [0, 0.05) is 17.6 Å². The Morgan fingerprint density at radius 3 is 2.20 bits per heavy atom. The minimum Gasteiger partial charge on any atom is -0.494 e. The molecule has 0 bridgehead atoms. The van der Waals surface area contributed by atoms with Gasteiger partial charge in [0.2, 0.25) is 5.91 Å². The highest BCUT2D eigenvalue weighted by Gasteiger charge is 2.28. The largest absolute Gasteiger partial charge is 0.494 e. The molecule has 1 amide bonds. The number of amides is 1. The van der Waals surface area contributed by atoms with E-state index in [0.717, 1.165) is 15.6 Å². The Labute approximate surface area is 210 Å². The van der Waals surface area contributed by atoms with Crippen LogP contribution in [-0.4, -0.2) is 41.7 Å². The van der Waals surface area contributed by atoms with Crippen molar-refractivity contribution in [1.82, 2.24) is 5.32 Å². The van der Waals surface area contributed by atoms with E-state index in [-0.39, 0.29) is 17.2 Å². The van der Waals surface area contributed by atoms with E-state index in [9.17, 15) is 13.2 Å². The lowest BCUT2D eigenvalue weighted by Crippen LogP contribution is -2.40. The molecule has 0 saturated heterocycles. The van der Waals surface area contributed by atoms with Crippen LogP contribution in [0.4, 0.5) is 5.69 Å². The Bertz CT molecular complexity index is 1250. The lowest BCUT2D eigenvalue weighted by Gasteiger charge is -2.24. The first-order valence-corrected chi connectivity index (χ1v) is 12.6. The lowest BCUT2D eigenvalue weighted by molar-refractivity contribution is -0.119. The monoisotopic (exact) mass is 518 g/mol. The normalized spacial score (nSPS) is 11.0. The van der Waals surface area contributed by atoms with E-state index < -0.39 is 22.5 Å². The predicted molar refractivity (Wildman–Crippen MR) is 135 cm³/mol. The Kier molecular flexibility index (Phi) is 8.84. The van der Waals surface area contributed by atoms with Crippen LogP contribution in [-0.2, 0) is 21.4 Å². The standard InChI is InChI=1S/C25H27ClN2O6S/c1-4-34-21-11-5-18(6-12-21)16-27-25(29)17-28(20-9-7-19(26)8-10-20)35(30,31)22-13-14-23(32-2)24(15-22)33-3/h5-15H,4,16-17H2,1-3H3,(H,27,29). The summed E-state index contributed by atoms with van der Waals surface area (Å²) in [6.45, 7) is 2.26. The quantitative estimate of drug-likeness (QED) is 0.407. The Morgan fingerprint density at radius 2 is 1.60 bits per heavy atom. The number of ether oxygens (including phenoxy) is 3. The van der Waals surface area contributed by atoms with Gasteiger partial charge in [-0.3, -0.25) is 9.10 Å². The van der Waals surface area contributed by atoms with Gasteiger partial charge in [0.05, 0.1) is 31.4 Å². The van der Waals surface area contributed by atoms with Crippen LogP contribution in [0.3, 0.4) is 0 Å². The van der Waals surface area contributed by atoms with E-state index in [1.807, 2.05) is 31.2 Å². The third kappa shape index (κ3) is 6.58. The van der Waals surface area contributed by atoms with Crippen molar-refractivity contribution in [2.75, 3.05) is 31.7 Å². The van der Waals surface area contributed by atoms with E-state index in [2.05, 4.69) is 5.32 Å². The fourth-order valence-corrected chi connectivity index (χ4v) is 4.85. The van der Waals surface area contributed by atoms with Crippen molar-refractivity contribution in [1.29, 1.82) is 0 Å². The first-order chi connectivity index (χ1) is 16.8. The molecule has 0 aliphatic heterocycles. The highest BCUT2D eigenvalue weighted by atomic mass is 35.5. The van der Waals surface area contributed by atoms with Crippen LogP contribution >= 0.6 is 11.6 Å². The van der Waals surface area contributed by atoms with Crippen LogP contribution in [0.5, 0.6) is 17.2 Å². The van der Waals surface area contributed by atoms with E-state index in [4.69, 9.17) is 25.8 Å². The molecule has 0 saturated carbocycles. The molecule has 0 atom stereocenters. The maximum atomic E-state index is 13.6. The molecule has 35 heavy (non-hydrogen) atoms. The maximum absolute atomic E-state index is 13.6. The van der Waals surface area contributed by atoms with Gasteiger partial charge in [-0.1, -0.05) is 23.7 Å². The summed E-state index contributed by atoms with van der Waals surface area (Å²) >= 11 is 5.99. The van der Waals surface area contributed by atoms with Gasteiger partial charge < -0.3 is 19.5 Å². The summed E-state index contributed by atoms with van der Waals surface area (Å²) in [5.41, 5.74) is 1.14. The summed E-state index contributed by atoms with van der Waals surface area (Å²) in [4.78, 5) is 12.8. The Balaban J connectivity index is 1.84.